The lowest BCUT2D eigenvalue weighted by Crippen LogP contribution is -2.47. The monoisotopic (exact) mass is 455 g/mol. The molecule has 0 radical (unpaired) electrons. The van der Waals surface area contributed by atoms with Gasteiger partial charge in [-0.1, -0.05) is 48.5 Å². The molecule has 0 saturated heterocycles. The third-order valence-corrected chi connectivity index (χ3v) is 5.97. The van der Waals surface area contributed by atoms with Gasteiger partial charge in [0.25, 0.3) is 5.91 Å². The molecule has 0 bridgehead atoms. The van der Waals surface area contributed by atoms with Crippen LogP contribution in [0, 0.1) is 0 Å². The van der Waals surface area contributed by atoms with Gasteiger partial charge in [-0.05, 0) is 35.4 Å². The minimum Gasteiger partial charge on any atom is -0.489 e. The maximum atomic E-state index is 13.5. The largest absolute Gasteiger partial charge is 0.489 e. The zero-order chi connectivity index (χ0) is 23.5. The second kappa shape index (κ2) is 9.31. The summed E-state index contributed by atoms with van der Waals surface area (Å²) in [4.78, 5) is 29.8. The van der Waals surface area contributed by atoms with Gasteiger partial charge in [-0.25, -0.2) is 4.79 Å². The molecule has 1 atom stereocenters. The number of amides is 3. The van der Waals surface area contributed by atoms with E-state index < -0.39 is 6.04 Å². The lowest BCUT2D eigenvalue weighted by atomic mass is 9.95. The van der Waals surface area contributed by atoms with Crippen molar-refractivity contribution in [1.82, 2.24) is 15.1 Å². The summed E-state index contributed by atoms with van der Waals surface area (Å²) in [5.41, 5.74) is 3.11. The molecule has 1 N–H and O–H groups in total. The van der Waals surface area contributed by atoms with Crippen molar-refractivity contribution in [3.63, 3.8) is 0 Å². The van der Waals surface area contributed by atoms with Gasteiger partial charge in [0.2, 0.25) is 0 Å². The smallest absolute Gasteiger partial charge is 0.322 e. The Labute approximate surface area is 197 Å². The Kier molecular flexibility index (Phi) is 5.91. The van der Waals surface area contributed by atoms with Crippen molar-refractivity contribution in [2.75, 3.05) is 13.1 Å². The van der Waals surface area contributed by atoms with Crippen LogP contribution in [-0.4, -0.2) is 34.8 Å². The highest BCUT2D eigenvalue weighted by Crippen LogP contribution is 2.37. The molecule has 3 amide bonds. The van der Waals surface area contributed by atoms with Crippen molar-refractivity contribution in [2.24, 2.45) is 0 Å². The number of benzene rings is 2. The van der Waals surface area contributed by atoms with E-state index in [-0.39, 0.29) is 11.9 Å². The maximum Gasteiger partial charge on any atom is 0.322 e. The number of carbonyl (C=O) groups is 2. The van der Waals surface area contributed by atoms with E-state index in [0.717, 1.165) is 11.1 Å². The molecule has 3 aromatic rings. The molecule has 2 aromatic carbocycles. The second-order valence-electron chi connectivity index (χ2n) is 8.23. The van der Waals surface area contributed by atoms with Crippen molar-refractivity contribution >= 4 is 11.9 Å². The quantitative estimate of drug-likeness (QED) is 0.511. The number of nitrogens with zero attached hydrogens (tertiary/aromatic N) is 2. The summed E-state index contributed by atoms with van der Waals surface area (Å²) in [5, 5.41) is 3.00. The fourth-order valence-corrected chi connectivity index (χ4v) is 4.36. The summed E-state index contributed by atoms with van der Waals surface area (Å²) in [7, 11) is 0. The third-order valence-electron chi connectivity index (χ3n) is 5.97. The summed E-state index contributed by atoms with van der Waals surface area (Å²) in [6.07, 6.45) is 3.24. The summed E-state index contributed by atoms with van der Waals surface area (Å²) in [5.74, 6) is 1.24. The van der Waals surface area contributed by atoms with Crippen LogP contribution in [0.15, 0.2) is 101 Å². The van der Waals surface area contributed by atoms with Crippen molar-refractivity contribution < 1.29 is 18.7 Å². The van der Waals surface area contributed by atoms with E-state index in [1.54, 1.807) is 28.2 Å². The number of carbonyl (C=O) groups excluding carboxylic acids is 2. The molecule has 1 unspecified atom stereocenters. The van der Waals surface area contributed by atoms with Crippen LogP contribution in [0.2, 0.25) is 0 Å². The number of rotatable bonds is 8. The molecule has 1 aromatic heterocycles. The average molecular weight is 456 g/mol. The molecule has 2 aliphatic rings. The Morgan fingerprint density at radius 2 is 1.94 bits per heavy atom. The Bertz CT molecular complexity index is 1230. The van der Waals surface area contributed by atoms with Crippen molar-refractivity contribution in [3.05, 3.63) is 114 Å². The van der Waals surface area contributed by atoms with Crippen molar-refractivity contribution in [3.8, 4) is 5.75 Å². The summed E-state index contributed by atoms with van der Waals surface area (Å²) < 4.78 is 11.4. The molecule has 7 heteroatoms. The fourth-order valence-electron chi connectivity index (χ4n) is 4.36. The molecule has 7 nitrogen and oxygen atoms in total. The Morgan fingerprint density at radius 3 is 2.71 bits per heavy atom. The molecule has 2 aliphatic heterocycles. The van der Waals surface area contributed by atoms with Crippen LogP contribution in [0.25, 0.3) is 0 Å². The minimum absolute atomic E-state index is 0.124. The van der Waals surface area contributed by atoms with Crippen LogP contribution in [0.3, 0.4) is 0 Å². The van der Waals surface area contributed by atoms with E-state index in [4.69, 9.17) is 9.15 Å². The molecular formula is C27H25N3O4. The van der Waals surface area contributed by atoms with Gasteiger partial charge in [-0.2, -0.15) is 0 Å². The summed E-state index contributed by atoms with van der Waals surface area (Å²) in [6, 6.07) is 20.2. The average Bonchev–Trinajstić information content (AvgIpc) is 3.49. The molecule has 3 heterocycles. The van der Waals surface area contributed by atoms with Gasteiger partial charge in [0.1, 0.15) is 18.1 Å². The molecule has 0 saturated carbocycles. The second-order valence-corrected chi connectivity index (χ2v) is 8.23. The summed E-state index contributed by atoms with van der Waals surface area (Å²) >= 11 is 0. The minimum atomic E-state index is -0.571. The predicted octanol–water partition coefficient (Wildman–Crippen LogP) is 4.41. The molecule has 34 heavy (non-hydrogen) atoms. The lowest BCUT2D eigenvalue weighted by Gasteiger charge is -2.33. The van der Waals surface area contributed by atoms with E-state index in [9.17, 15) is 9.59 Å². The Morgan fingerprint density at radius 1 is 1.09 bits per heavy atom. The van der Waals surface area contributed by atoms with E-state index in [0.29, 0.717) is 49.0 Å². The first-order chi connectivity index (χ1) is 16.6. The van der Waals surface area contributed by atoms with Crippen molar-refractivity contribution in [1.29, 1.82) is 0 Å². The molecule has 0 aliphatic carbocycles. The number of hydrogen-bond acceptors (Lipinski definition) is 4. The number of furan rings is 1. The normalized spacial score (nSPS) is 17.6. The molecule has 172 valence electrons. The number of nitrogens with one attached hydrogen (secondary N) is 1. The molecule has 0 fully saturated rings. The van der Waals surface area contributed by atoms with Crippen LogP contribution in [-0.2, 0) is 17.9 Å². The van der Waals surface area contributed by atoms with Gasteiger partial charge in [-0.15, -0.1) is 6.58 Å². The Hall–Kier alpha value is -4.26. The molecular weight excluding hydrogens is 430 g/mol. The van der Waals surface area contributed by atoms with Crippen LogP contribution < -0.4 is 10.1 Å². The fraction of sp³-hybridized carbons (Fsp3) is 0.185. The molecule has 5 rings (SSSR count). The van der Waals surface area contributed by atoms with Crippen LogP contribution >= 0.6 is 0 Å². The van der Waals surface area contributed by atoms with E-state index >= 15 is 0 Å². The van der Waals surface area contributed by atoms with Gasteiger partial charge in [0.15, 0.2) is 0 Å². The lowest BCUT2D eigenvalue weighted by molar-refractivity contribution is -0.126. The number of hydrogen-bond donors (Lipinski definition) is 1. The van der Waals surface area contributed by atoms with Gasteiger partial charge in [0.05, 0.1) is 36.7 Å². The zero-order valence-electron chi connectivity index (χ0n) is 18.6. The van der Waals surface area contributed by atoms with Crippen LogP contribution in [0.4, 0.5) is 4.79 Å². The Balaban J connectivity index is 1.43. The number of urea groups is 1. The first kappa shape index (κ1) is 21.6. The number of ether oxygens (including phenoxy) is 1. The van der Waals surface area contributed by atoms with E-state index in [1.807, 2.05) is 60.7 Å². The van der Waals surface area contributed by atoms with Crippen LogP contribution in [0.1, 0.15) is 22.9 Å². The van der Waals surface area contributed by atoms with E-state index in [1.165, 1.54) is 0 Å². The maximum absolute atomic E-state index is 13.5. The van der Waals surface area contributed by atoms with Gasteiger partial charge in [0, 0.05) is 6.54 Å². The van der Waals surface area contributed by atoms with Gasteiger partial charge < -0.3 is 19.4 Å². The standard InChI is InChI=1S/C27H25N3O4/c1-2-13-30-23-17-29(16-22-12-7-14-33-22)26(31)24(23)25(28-27(30)32)20-10-6-11-21(15-20)34-18-19-8-4-3-5-9-19/h2-12,14-15,25H,1,13,16-18H2,(H,28,32). The van der Waals surface area contributed by atoms with E-state index in [2.05, 4.69) is 11.9 Å². The first-order valence-corrected chi connectivity index (χ1v) is 11.1. The highest BCUT2D eigenvalue weighted by Gasteiger charge is 2.43. The SMILES string of the molecule is C=CCN1C(=O)NC(c2cccc(OCc3ccccc3)c2)C2=C1CN(Cc1ccco1)C2=O. The topological polar surface area (TPSA) is 75.0 Å². The summed E-state index contributed by atoms with van der Waals surface area (Å²) in [6.45, 7) is 5.18. The molecule has 0 spiro atoms. The predicted molar refractivity (Wildman–Crippen MR) is 127 cm³/mol. The van der Waals surface area contributed by atoms with Crippen LogP contribution in [0.5, 0.6) is 5.75 Å². The first-order valence-electron chi connectivity index (χ1n) is 11.1. The third kappa shape index (κ3) is 4.20. The zero-order valence-corrected chi connectivity index (χ0v) is 18.6. The van der Waals surface area contributed by atoms with Crippen molar-refractivity contribution in [2.45, 2.75) is 19.2 Å². The highest BCUT2D eigenvalue weighted by atomic mass is 16.5. The van der Waals surface area contributed by atoms with Gasteiger partial charge >= 0.3 is 6.03 Å². The van der Waals surface area contributed by atoms with Gasteiger partial charge in [-0.3, -0.25) is 9.69 Å². The highest BCUT2D eigenvalue weighted by molar-refractivity contribution is 6.01.